The second kappa shape index (κ2) is 14.2. The Kier molecular flexibility index (Phi) is 10.3. The Bertz CT molecular complexity index is 1890. The van der Waals surface area contributed by atoms with Crippen LogP contribution >= 0.6 is 24.0 Å². The van der Waals surface area contributed by atoms with Gasteiger partial charge in [-0.05, 0) is 48.2 Å². The number of fused-ring (bicyclic) bond motifs is 1. The van der Waals surface area contributed by atoms with Crippen molar-refractivity contribution in [3.8, 4) is 5.75 Å². The lowest BCUT2D eigenvalue weighted by Crippen LogP contribution is -2.71. The molecule has 0 saturated carbocycles. The number of thiocarbonyl (C=S) groups is 1. The van der Waals surface area contributed by atoms with Gasteiger partial charge in [-0.2, -0.15) is 12.7 Å². The van der Waals surface area contributed by atoms with E-state index < -0.39 is 62.9 Å². The molecule has 15 nitrogen and oxygen atoms in total. The van der Waals surface area contributed by atoms with E-state index in [-0.39, 0.29) is 38.4 Å². The molecule has 2 aromatic carbocycles. The molecular formula is C28H28FN5O10S3. The maximum atomic E-state index is 15.1. The summed E-state index contributed by atoms with van der Waals surface area (Å²) >= 11 is 5.79. The van der Waals surface area contributed by atoms with Gasteiger partial charge in [-0.3, -0.25) is 18.9 Å². The zero-order chi connectivity index (χ0) is 33.9. The van der Waals surface area contributed by atoms with Crippen molar-refractivity contribution in [3.05, 3.63) is 70.3 Å². The van der Waals surface area contributed by atoms with Crippen molar-refractivity contribution in [3.63, 3.8) is 0 Å². The molecule has 1 unspecified atom stereocenters. The average molecular weight is 710 g/mol. The van der Waals surface area contributed by atoms with Crippen LogP contribution in [0.1, 0.15) is 10.4 Å². The Morgan fingerprint density at radius 2 is 1.85 bits per heavy atom. The number of carbonyl (C=O) groups excluding carboxylic acids is 2. The van der Waals surface area contributed by atoms with Crippen molar-refractivity contribution in [1.29, 1.82) is 0 Å². The monoisotopic (exact) mass is 709 g/mol. The van der Waals surface area contributed by atoms with E-state index in [9.17, 15) is 37.3 Å². The molecule has 5 rings (SSSR count). The summed E-state index contributed by atoms with van der Waals surface area (Å²) in [6.07, 6.45) is 1.11. The molecule has 2 aliphatic rings. The minimum Gasteiger partial charge on any atom is -0.484 e. The Labute approximate surface area is 276 Å². The number of carboxylic acids is 1. The number of carboxylic acid groups (broad SMARTS) is 1. The largest absolute Gasteiger partial charge is 0.484 e. The number of nitrogens with zero attached hydrogens (tertiary/aromatic N) is 3. The molecule has 0 bridgehead atoms. The van der Waals surface area contributed by atoms with Gasteiger partial charge in [-0.15, -0.1) is 0 Å². The van der Waals surface area contributed by atoms with Crippen molar-refractivity contribution in [2.45, 2.75) is 18.0 Å². The molecule has 2 fully saturated rings. The fourth-order valence-corrected chi connectivity index (χ4v) is 7.49. The molecule has 19 heteroatoms. The van der Waals surface area contributed by atoms with Gasteiger partial charge in [0.25, 0.3) is 11.8 Å². The van der Waals surface area contributed by atoms with Crippen molar-refractivity contribution in [2.24, 2.45) is 0 Å². The van der Waals surface area contributed by atoms with Crippen LogP contribution in [0.3, 0.4) is 0 Å². The number of carbonyl (C=O) groups is 3. The van der Waals surface area contributed by atoms with Gasteiger partial charge in [-0.1, -0.05) is 18.2 Å². The number of aromatic carboxylic acids is 1. The second-order valence-corrected chi connectivity index (χ2v) is 13.3. The van der Waals surface area contributed by atoms with E-state index in [0.717, 1.165) is 12.3 Å². The number of hydrogen-bond acceptors (Lipinski definition) is 12. The molecule has 1 aromatic heterocycles. The number of β-lactam (4-membered cyclic amide) rings is 1. The van der Waals surface area contributed by atoms with Crippen molar-refractivity contribution >= 4 is 73.0 Å². The van der Waals surface area contributed by atoms with E-state index in [2.05, 4.69) is 10.6 Å². The molecule has 2 aliphatic heterocycles. The molecule has 250 valence electrons. The molecule has 2 saturated heterocycles. The first kappa shape index (κ1) is 34.0. The van der Waals surface area contributed by atoms with Crippen LogP contribution in [0.2, 0.25) is 0 Å². The maximum absolute atomic E-state index is 15.1. The number of halogens is 1. The smallest absolute Gasteiger partial charge is 0.363 e. The maximum Gasteiger partial charge on any atom is 0.363 e. The number of rotatable bonds is 11. The fraction of sp³-hybridized carbons (Fsp3) is 0.321. The number of anilines is 1. The van der Waals surface area contributed by atoms with Crippen LogP contribution in [-0.4, -0.2) is 99.9 Å². The minimum atomic E-state index is -5.02. The van der Waals surface area contributed by atoms with Crippen LogP contribution in [0.15, 0.2) is 53.5 Å². The highest BCUT2D eigenvalue weighted by Crippen LogP contribution is 2.34. The lowest BCUT2D eigenvalue weighted by Gasteiger charge is -2.43. The lowest BCUT2D eigenvalue weighted by atomic mass is 10.1. The van der Waals surface area contributed by atoms with Crippen molar-refractivity contribution in [1.82, 2.24) is 19.5 Å². The highest BCUT2D eigenvalue weighted by Gasteiger charge is 2.55. The third-order valence-corrected chi connectivity index (χ3v) is 9.76. The first-order valence-corrected chi connectivity index (χ1v) is 16.7. The first-order valence-electron chi connectivity index (χ1n) is 14.0. The number of piperazine rings is 1. The molecule has 2 amide bonds. The molecule has 3 aromatic rings. The Morgan fingerprint density at radius 1 is 1.15 bits per heavy atom. The lowest BCUT2D eigenvalue weighted by molar-refractivity contribution is -0.142. The molecule has 2 atom stereocenters. The van der Waals surface area contributed by atoms with Crippen LogP contribution < -0.4 is 25.7 Å². The molecule has 0 spiro atoms. The highest BCUT2D eigenvalue weighted by atomic mass is 32.2. The van der Waals surface area contributed by atoms with Crippen LogP contribution in [0, 0.1) is 5.82 Å². The number of aromatic nitrogens is 1. The number of benzene rings is 2. The number of para-hydroxylation sites is 1. The first-order chi connectivity index (χ1) is 22.3. The number of ether oxygens (including phenoxy) is 2. The van der Waals surface area contributed by atoms with E-state index >= 15 is 4.39 Å². The van der Waals surface area contributed by atoms with Gasteiger partial charge >= 0.3 is 16.3 Å². The van der Waals surface area contributed by atoms with Crippen LogP contribution in [0.25, 0.3) is 10.9 Å². The van der Waals surface area contributed by atoms with Gasteiger partial charge in [-0.25, -0.2) is 9.18 Å². The number of nitrogens with one attached hydrogen (secondary N) is 2. The third kappa shape index (κ3) is 7.65. The van der Waals surface area contributed by atoms with E-state index in [4.69, 9.17) is 21.7 Å². The number of amides is 2. The molecular weight excluding hydrogens is 682 g/mol. The molecule has 47 heavy (non-hydrogen) atoms. The number of hydrogen-bond donors (Lipinski definition) is 4. The predicted molar refractivity (Wildman–Crippen MR) is 172 cm³/mol. The fourth-order valence-electron chi connectivity index (χ4n) is 5.06. The summed E-state index contributed by atoms with van der Waals surface area (Å²) in [7, 11) is -5.02. The molecule has 4 N–H and O–H groups in total. The van der Waals surface area contributed by atoms with Gasteiger partial charge < -0.3 is 34.7 Å². The SMILES string of the molecule is O=C(COc1ccccc1)N[C@H]1C(=O)N(S(=O)(=O)O)C1SC(=S)OCCn1cc(C(=O)O)c(=O)c2cc(F)c(N3CCNCC3)cc21. The summed E-state index contributed by atoms with van der Waals surface area (Å²) in [6, 6.07) is 9.43. The quantitative estimate of drug-likeness (QED) is 0.124. The minimum absolute atomic E-state index is 0.0764. The zero-order valence-electron chi connectivity index (χ0n) is 24.3. The summed E-state index contributed by atoms with van der Waals surface area (Å²) in [6.45, 7) is 1.49. The number of pyridine rings is 1. The molecule has 0 radical (unpaired) electrons. The van der Waals surface area contributed by atoms with E-state index in [1.165, 1.54) is 10.6 Å². The van der Waals surface area contributed by atoms with Gasteiger partial charge in [0.2, 0.25) is 9.81 Å². The molecule has 3 heterocycles. The normalized spacial score (nSPS) is 18.0. The zero-order valence-corrected chi connectivity index (χ0v) is 26.8. The van der Waals surface area contributed by atoms with Gasteiger partial charge in [0.15, 0.2) is 6.61 Å². The van der Waals surface area contributed by atoms with Gasteiger partial charge in [0, 0.05) is 37.8 Å². The Morgan fingerprint density at radius 3 is 2.51 bits per heavy atom. The van der Waals surface area contributed by atoms with Crippen LogP contribution in [-0.2, 0) is 31.2 Å². The summed E-state index contributed by atoms with van der Waals surface area (Å²) < 4.78 is 60.6. The summed E-state index contributed by atoms with van der Waals surface area (Å²) in [5.74, 6) is -3.64. The highest BCUT2D eigenvalue weighted by molar-refractivity contribution is 8.23. The van der Waals surface area contributed by atoms with Gasteiger partial charge in [0.05, 0.1) is 17.7 Å². The van der Waals surface area contributed by atoms with Crippen LogP contribution in [0.4, 0.5) is 10.1 Å². The third-order valence-electron chi connectivity index (χ3n) is 7.28. The second-order valence-electron chi connectivity index (χ2n) is 10.3. The molecule has 0 aliphatic carbocycles. The van der Waals surface area contributed by atoms with Gasteiger partial charge in [0.1, 0.15) is 35.2 Å². The van der Waals surface area contributed by atoms with E-state index in [1.807, 2.05) is 0 Å². The van der Waals surface area contributed by atoms with E-state index in [0.29, 0.717) is 43.7 Å². The summed E-state index contributed by atoms with van der Waals surface area (Å²) in [5, 5.41) is 13.6. The van der Waals surface area contributed by atoms with Crippen molar-refractivity contribution < 1.29 is 46.3 Å². The standard InChI is InChI=1S/C28H28FN5O10S3/c29-19-12-17-20(13-21(19)32-8-6-30-7-9-32)33(14-18(24(17)36)27(38)39)10-11-43-28(45)46-26-23(25(37)34(26)47(40,41)42)31-22(35)15-44-16-4-2-1-3-5-16/h1-5,12-14,23,26,30H,6-11,15H2,(H,31,35)(H,38,39)(H,40,41,42)/t23-,26?/m0/s1. The van der Waals surface area contributed by atoms with E-state index in [1.54, 1.807) is 35.2 Å². The Balaban J connectivity index is 1.28. The Hall–Kier alpha value is -4.30. The topological polar surface area (TPSA) is 197 Å². The predicted octanol–water partition coefficient (Wildman–Crippen LogP) is 0.818. The van der Waals surface area contributed by atoms with Crippen LogP contribution in [0.5, 0.6) is 5.75 Å². The summed E-state index contributed by atoms with van der Waals surface area (Å²) in [5.41, 5.74) is -0.955. The summed E-state index contributed by atoms with van der Waals surface area (Å²) in [4.78, 5) is 51.5. The average Bonchev–Trinajstić information content (AvgIpc) is 3.03. The van der Waals surface area contributed by atoms with Crippen molar-refractivity contribution in [2.75, 3.05) is 44.3 Å². The number of thioether (sulfide) groups is 1.